The summed E-state index contributed by atoms with van der Waals surface area (Å²) in [6, 6.07) is 8.58. The van der Waals surface area contributed by atoms with Gasteiger partial charge in [-0.2, -0.15) is 4.98 Å². The third-order valence-corrected chi connectivity index (χ3v) is 4.12. The predicted octanol–water partition coefficient (Wildman–Crippen LogP) is 3.74. The van der Waals surface area contributed by atoms with Gasteiger partial charge in [-0.1, -0.05) is 46.2 Å². The normalized spacial score (nSPS) is 12.5. The van der Waals surface area contributed by atoms with Crippen molar-refractivity contribution >= 4 is 15.9 Å². The first-order valence-electron chi connectivity index (χ1n) is 7.47. The molecule has 2 rings (SSSR count). The lowest BCUT2D eigenvalue weighted by molar-refractivity contribution is 0.363. The van der Waals surface area contributed by atoms with Crippen molar-refractivity contribution in [3.63, 3.8) is 0 Å². The van der Waals surface area contributed by atoms with Gasteiger partial charge in [0.25, 0.3) is 0 Å². The lowest BCUT2D eigenvalue weighted by atomic mass is 10.1. The fraction of sp³-hybridized carbons (Fsp3) is 0.500. The molecule has 1 aromatic heterocycles. The van der Waals surface area contributed by atoms with Gasteiger partial charge in [-0.05, 0) is 37.9 Å². The van der Waals surface area contributed by atoms with Gasteiger partial charge in [0.1, 0.15) is 0 Å². The zero-order valence-electron chi connectivity index (χ0n) is 12.6. The van der Waals surface area contributed by atoms with Crippen molar-refractivity contribution < 1.29 is 4.52 Å². The zero-order valence-corrected chi connectivity index (χ0v) is 14.2. The van der Waals surface area contributed by atoms with E-state index in [9.17, 15) is 0 Å². The highest BCUT2D eigenvalue weighted by atomic mass is 79.9. The Labute approximate surface area is 134 Å². The predicted molar refractivity (Wildman–Crippen MR) is 87.3 cm³/mol. The molecule has 0 saturated heterocycles. The summed E-state index contributed by atoms with van der Waals surface area (Å²) in [7, 11) is 0. The smallest absolute Gasteiger partial charge is 0.226 e. The number of aromatic nitrogens is 2. The summed E-state index contributed by atoms with van der Waals surface area (Å²) in [4.78, 5) is 4.47. The number of nitrogens with one attached hydrogen (secondary N) is 1. The van der Waals surface area contributed by atoms with Gasteiger partial charge in [0.05, 0.1) is 0 Å². The highest BCUT2D eigenvalue weighted by Gasteiger charge is 2.10. The molecule has 0 aliphatic carbocycles. The van der Waals surface area contributed by atoms with Gasteiger partial charge >= 0.3 is 0 Å². The minimum atomic E-state index is 0.476. The summed E-state index contributed by atoms with van der Waals surface area (Å²) < 4.78 is 6.40. The van der Waals surface area contributed by atoms with Crippen LogP contribution in [0.3, 0.4) is 0 Å². The van der Waals surface area contributed by atoms with Crippen molar-refractivity contribution in [1.29, 1.82) is 0 Å². The van der Waals surface area contributed by atoms with Gasteiger partial charge < -0.3 is 9.84 Å². The molecule has 4 nitrogen and oxygen atoms in total. The van der Waals surface area contributed by atoms with Crippen LogP contribution in [0.4, 0.5) is 0 Å². The molecular formula is C16H22BrN3O. The Balaban J connectivity index is 1.85. The molecular weight excluding hydrogens is 330 g/mol. The molecule has 0 spiro atoms. The van der Waals surface area contributed by atoms with Crippen LogP contribution >= 0.6 is 15.9 Å². The second-order valence-electron chi connectivity index (χ2n) is 5.27. The molecule has 114 valence electrons. The molecule has 1 unspecified atom stereocenters. The lowest BCUT2D eigenvalue weighted by Crippen LogP contribution is -2.27. The summed E-state index contributed by atoms with van der Waals surface area (Å²) in [5.41, 5.74) is 1.17. The first-order valence-corrected chi connectivity index (χ1v) is 8.26. The Hall–Kier alpha value is -1.20. The van der Waals surface area contributed by atoms with E-state index >= 15 is 0 Å². The average Bonchev–Trinajstić information content (AvgIpc) is 2.93. The molecule has 0 bridgehead atoms. The van der Waals surface area contributed by atoms with Crippen LogP contribution in [0.2, 0.25) is 0 Å². The monoisotopic (exact) mass is 351 g/mol. The molecule has 5 heteroatoms. The van der Waals surface area contributed by atoms with Crippen LogP contribution in [0.5, 0.6) is 0 Å². The van der Waals surface area contributed by atoms with E-state index < -0.39 is 0 Å². The molecule has 0 aliphatic rings. The summed E-state index contributed by atoms with van der Waals surface area (Å²) in [5, 5.41) is 7.53. The number of rotatable bonds is 8. The maximum absolute atomic E-state index is 5.33. The maximum Gasteiger partial charge on any atom is 0.226 e. The Bertz CT molecular complexity index is 556. The van der Waals surface area contributed by atoms with E-state index in [0.717, 1.165) is 42.0 Å². The van der Waals surface area contributed by atoms with Crippen LogP contribution in [0, 0.1) is 0 Å². The Morgan fingerprint density at radius 1 is 1.33 bits per heavy atom. The standard InChI is InChI=1S/C16H22BrN3O/c1-3-10-18-12(2)8-9-16-19-15(20-21-16)11-13-6-4-5-7-14(13)17/h4-7,12,18H,3,8-11H2,1-2H3. The molecule has 2 aromatic rings. The minimum absolute atomic E-state index is 0.476. The average molecular weight is 352 g/mol. The molecule has 0 fully saturated rings. The second kappa shape index (κ2) is 8.29. The Kier molecular flexibility index (Phi) is 6.39. The van der Waals surface area contributed by atoms with Crippen LogP contribution in [-0.4, -0.2) is 22.7 Å². The largest absolute Gasteiger partial charge is 0.339 e. The third-order valence-electron chi connectivity index (χ3n) is 3.35. The van der Waals surface area contributed by atoms with Crippen LogP contribution in [0.15, 0.2) is 33.3 Å². The minimum Gasteiger partial charge on any atom is -0.339 e. The number of benzene rings is 1. The molecule has 0 saturated carbocycles. The molecule has 0 amide bonds. The highest BCUT2D eigenvalue weighted by Crippen LogP contribution is 2.18. The summed E-state index contributed by atoms with van der Waals surface area (Å²) >= 11 is 3.54. The number of nitrogens with zero attached hydrogens (tertiary/aromatic N) is 2. The maximum atomic E-state index is 5.33. The van der Waals surface area contributed by atoms with Crippen molar-refractivity contribution in [2.75, 3.05) is 6.54 Å². The van der Waals surface area contributed by atoms with Crippen LogP contribution in [-0.2, 0) is 12.8 Å². The summed E-state index contributed by atoms with van der Waals surface area (Å²) in [6.07, 6.45) is 3.67. The van der Waals surface area contributed by atoms with Crippen LogP contribution in [0.25, 0.3) is 0 Å². The van der Waals surface area contributed by atoms with Crippen LogP contribution in [0.1, 0.15) is 44.0 Å². The van der Waals surface area contributed by atoms with Gasteiger partial charge in [-0.25, -0.2) is 0 Å². The number of halogens is 1. The number of aryl methyl sites for hydroxylation is 1. The van der Waals surface area contributed by atoms with Crippen molar-refractivity contribution in [1.82, 2.24) is 15.5 Å². The first kappa shape index (κ1) is 16.2. The van der Waals surface area contributed by atoms with E-state index in [4.69, 9.17) is 4.52 Å². The van der Waals surface area contributed by atoms with Gasteiger partial charge in [0, 0.05) is 23.4 Å². The first-order chi connectivity index (χ1) is 10.2. The molecule has 1 atom stereocenters. The van der Waals surface area contributed by atoms with E-state index in [1.807, 2.05) is 18.2 Å². The highest BCUT2D eigenvalue weighted by molar-refractivity contribution is 9.10. The van der Waals surface area contributed by atoms with Gasteiger partial charge in [-0.3, -0.25) is 0 Å². The summed E-state index contributed by atoms with van der Waals surface area (Å²) in [6.45, 7) is 5.41. The zero-order chi connectivity index (χ0) is 15.1. The SMILES string of the molecule is CCCNC(C)CCc1nc(Cc2ccccc2Br)no1. The Morgan fingerprint density at radius 2 is 2.14 bits per heavy atom. The summed E-state index contributed by atoms with van der Waals surface area (Å²) in [5.74, 6) is 1.47. The van der Waals surface area contributed by atoms with Crippen molar-refractivity contribution in [2.45, 2.75) is 45.6 Å². The van der Waals surface area contributed by atoms with Crippen LogP contribution < -0.4 is 5.32 Å². The molecule has 1 N–H and O–H groups in total. The van der Waals surface area contributed by atoms with Crippen molar-refractivity contribution in [3.05, 3.63) is 46.0 Å². The van der Waals surface area contributed by atoms with Gasteiger partial charge in [-0.15, -0.1) is 0 Å². The topological polar surface area (TPSA) is 51.0 Å². The quantitative estimate of drug-likeness (QED) is 0.786. The number of hydrogen-bond donors (Lipinski definition) is 1. The molecule has 0 radical (unpaired) electrons. The van der Waals surface area contributed by atoms with Crippen molar-refractivity contribution in [2.24, 2.45) is 0 Å². The van der Waals surface area contributed by atoms with Crippen molar-refractivity contribution in [3.8, 4) is 0 Å². The second-order valence-corrected chi connectivity index (χ2v) is 6.12. The molecule has 0 aliphatic heterocycles. The molecule has 1 heterocycles. The lowest BCUT2D eigenvalue weighted by Gasteiger charge is -2.10. The van der Waals surface area contributed by atoms with E-state index in [2.05, 4.69) is 51.3 Å². The molecule has 21 heavy (non-hydrogen) atoms. The van der Waals surface area contributed by atoms with Gasteiger partial charge in [0.2, 0.25) is 5.89 Å². The fourth-order valence-electron chi connectivity index (χ4n) is 2.11. The fourth-order valence-corrected chi connectivity index (χ4v) is 2.53. The third kappa shape index (κ3) is 5.25. The van der Waals surface area contributed by atoms with Gasteiger partial charge in [0.15, 0.2) is 5.82 Å². The Morgan fingerprint density at radius 3 is 2.90 bits per heavy atom. The van der Waals surface area contributed by atoms with E-state index in [-0.39, 0.29) is 0 Å². The number of hydrogen-bond acceptors (Lipinski definition) is 4. The van der Waals surface area contributed by atoms with E-state index in [0.29, 0.717) is 12.5 Å². The molecule has 1 aromatic carbocycles. The van der Waals surface area contributed by atoms with E-state index in [1.54, 1.807) is 0 Å². The van der Waals surface area contributed by atoms with E-state index in [1.165, 1.54) is 5.56 Å².